The summed E-state index contributed by atoms with van der Waals surface area (Å²) in [7, 11) is 0. The van der Waals surface area contributed by atoms with Gasteiger partial charge < -0.3 is 0 Å². The first-order chi connectivity index (χ1) is 6.80. The highest BCUT2D eigenvalue weighted by molar-refractivity contribution is 6.64. The molecule has 5 heteroatoms. The van der Waals surface area contributed by atoms with Crippen LogP contribution in [0.2, 0.25) is 0 Å². The lowest BCUT2D eigenvalue weighted by Crippen LogP contribution is -2.40. The Hall–Kier alpha value is 0.670. The molecule has 0 aliphatic rings. The van der Waals surface area contributed by atoms with Gasteiger partial charge in [-0.15, -0.1) is 11.6 Å². The number of rotatable bonds is 3. The van der Waals surface area contributed by atoms with Gasteiger partial charge in [-0.1, -0.05) is 76.7 Å². The van der Waals surface area contributed by atoms with E-state index in [1.165, 1.54) is 0 Å². The van der Waals surface area contributed by atoms with Crippen molar-refractivity contribution in [2.24, 2.45) is 0 Å². The summed E-state index contributed by atoms with van der Waals surface area (Å²) < 4.78 is -2.91. The molecule has 0 aromatic heterocycles. The van der Waals surface area contributed by atoms with Crippen LogP contribution in [-0.2, 0) is 4.33 Å². The van der Waals surface area contributed by atoms with Gasteiger partial charge in [-0.2, -0.15) is 0 Å². The Morgan fingerprint density at radius 2 is 1.47 bits per heavy atom. The third-order valence-corrected chi connectivity index (χ3v) is 5.25. The summed E-state index contributed by atoms with van der Waals surface area (Å²) in [5, 5.41) is -0.587. The summed E-state index contributed by atoms with van der Waals surface area (Å²) in [6.07, 6.45) is 0. The van der Waals surface area contributed by atoms with E-state index in [0.717, 1.165) is 0 Å². The molecule has 15 heavy (non-hydrogen) atoms. The maximum absolute atomic E-state index is 6.17. The van der Waals surface area contributed by atoms with Gasteiger partial charge in [0.15, 0.2) is 8.67 Å². The van der Waals surface area contributed by atoms with Gasteiger partial charge >= 0.3 is 0 Å². The third-order valence-electron chi connectivity index (χ3n) is 2.05. The molecule has 1 aromatic rings. The third kappa shape index (κ3) is 2.68. The number of benzene rings is 1. The average Bonchev–Trinajstić information content (AvgIpc) is 2.18. The summed E-state index contributed by atoms with van der Waals surface area (Å²) in [6.45, 7) is 1.64. The van der Waals surface area contributed by atoms with Crippen LogP contribution in [0.25, 0.3) is 0 Å². The predicted octanol–water partition coefficient (Wildman–Crippen LogP) is 5.12. The van der Waals surface area contributed by atoms with Crippen molar-refractivity contribution in [3.05, 3.63) is 35.9 Å². The van der Waals surface area contributed by atoms with E-state index in [9.17, 15) is 0 Å². The predicted molar refractivity (Wildman–Crippen MR) is 69.6 cm³/mol. The van der Waals surface area contributed by atoms with E-state index in [0.29, 0.717) is 5.56 Å². The molecule has 1 atom stereocenters. The molecule has 0 spiro atoms. The van der Waals surface area contributed by atoms with E-state index in [1.54, 1.807) is 31.2 Å². The van der Waals surface area contributed by atoms with E-state index in [2.05, 4.69) is 0 Å². The van der Waals surface area contributed by atoms with E-state index in [-0.39, 0.29) is 0 Å². The summed E-state index contributed by atoms with van der Waals surface area (Å²) in [5.74, 6) is 0. The maximum Gasteiger partial charge on any atom is 0.177 e. The van der Waals surface area contributed by atoms with Crippen LogP contribution in [0.15, 0.2) is 30.3 Å². The second-order valence-corrected chi connectivity index (χ2v) is 6.55. The monoisotopic (exact) mass is 304 g/mol. The summed E-state index contributed by atoms with van der Waals surface area (Å²) in [4.78, 5) is 0. The minimum atomic E-state index is -1.46. The summed E-state index contributed by atoms with van der Waals surface area (Å²) in [5.41, 5.74) is 0.617. The van der Waals surface area contributed by atoms with E-state index in [4.69, 9.17) is 58.0 Å². The Morgan fingerprint density at radius 1 is 1.00 bits per heavy atom. The van der Waals surface area contributed by atoms with Gasteiger partial charge in [0.05, 0.1) is 5.38 Å². The average molecular weight is 306 g/mol. The number of alkyl halides is 5. The van der Waals surface area contributed by atoms with E-state index >= 15 is 0 Å². The Balaban J connectivity index is 3.13. The molecule has 1 rings (SSSR count). The van der Waals surface area contributed by atoms with E-state index in [1.807, 2.05) is 6.07 Å². The molecule has 0 radical (unpaired) electrons. The first-order valence-corrected chi connectivity index (χ1v) is 6.20. The molecule has 0 aliphatic carbocycles. The van der Waals surface area contributed by atoms with Gasteiger partial charge in [-0.25, -0.2) is 0 Å². The topological polar surface area (TPSA) is 0 Å². The normalized spacial score (nSPS) is 15.1. The molecule has 0 N–H and O–H groups in total. The molecule has 0 aliphatic heterocycles. The lowest BCUT2D eigenvalue weighted by molar-refractivity contribution is 0.669. The maximum atomic E-state index is 6.17. The zero-order valence-corrected chi connectivity index (χ0v) is 11.6. The minimum Gasteiger partial charge on any atom is -0.120 e. The molecule has 1 aromatic carbocycles. The molecular weight excluding hydrogens is 297 g/mol. The zero-order valence-electron chi connectivity index (χ0n) is 7.85. The quantitative estimate of drug-likeness (QED) is 0.680. The highest BCUT2D eigenvalue weighted by atomic mass is 35.5. The Labute approximate surface area is 114 Å². The second-order valence-electron chi connectivity index (χ2n) is 3.18. The fourth-order valence-corrected chi connectivity index (χ4v) is 2.16. The van der Waals surface area contributed by atoms with Gasteiger partial charge in [0.2, 0.25) is 0 Å². The molecule has 0 saturated heterocycles. The Morgan fingerprint density at radius 3 is 1.87 bits per heavy atom. The fraction of sp³-hybridized carbons (Fsp3) is 0.400. The molecule has 84 valence electrons. The zero-order chi connectivity index (χ0) is 11.7. The van der Waals surface area contributed by atoms with Gasteiger partial charge in [-0.05, 0) is 12.5 Å². The van der Waals surface area contributed by atoms with Crippen molar-refractivity contribution in [2.75, 3.05) is 0 Å². The molecule has 0 heterocycles. The first kappa shape index (κ1) is 13.7. The van der Waals surface area contributed by atoms with Crippen LogP contribution >= 0.6 is 58.0 Å². The highest BCUT2D eigenvalue weighted by Gasteiger charge is 2.51. The number of hydrogen-bond donors (Lipinski definition) is 0. The van der Waals surface area contributed by atoms with Gasteiger partial charge in [-0.3, -0.25) is 0 Å². The van der Waals surface area contributed by atoms with Crippen molar-refractivity contribution in [3.8, 4) is 0 Å². The Kier molecular flexibility index (Phi) is 4.48. The largest absolute Gasteiger partial charge is 0.177 e. The lowest BCUT2D eigenvalue weighted by Gasteiger charge is -2.35. The first-order valence-electron chi connectivity index (χ1n) is 4.25. The summed E-state index contributed by atoms with van der Waals surface area (Å²) >= 11 is 30.3. The molecule has 1 unspecified atom stereocenters. The number of halogens is 5. The standard InChI is InChI=1S/C10H9Cl5/c1-7(11)9(12,13)10(14,15)8-5-3-2-4-6-8/h2-7H,1H3. The highest BCUT2D eigenvalue weighted by Crippen LogP contribution is 2.53. The van der Waals surface area contributed by atoms with Gasteiger partial charge in [0.25, 0.3) is 0 Å². The van der Waals surface area contributed by atoms with Crippen LogP contribution in [0.1, 0.15) is 12.5 Å². The lowest BCUT2D eigenvalue weighted by atomic mass is 10.1. The molecular formula is C10H9Cl5. The van der Waals surface area contributed by atoms with Crippen molar-refractivity contribution in [3.63, 3.8) is 0 Å². The molecule has 0 nitrogen and oxygen atoms in total. The van der Waals surface area contributed by atoms with Crippen molar-refractivity contribution in [1.82, 2.24) is 0 Å². The fourth-order valence-electron chi connectivity index (χ4n) is 1.09. The van der Waals surface area contributed by atoms with Crippen molar-refractivity contribution in [2.45, 2.75) is 21.0 Å². The van der Waals surface area contributed by atoms with Crippen LogP contribution in [0.5, 0.6) is 0 Å². The summed E-state index contributed by atoms with van der Waals surface area (Å²) in [6, 6.07) is 8.95. The molecule has 0 amide bonds. The minimum absolute atomic E-state index is 0.587. The number of hydrogen-bond acceptors (Lipinski definition) is 0. The van der Waals surface area contributed by atoms with Crippen molar-refractivity contribution in [1.29, 1.82) is 0 Å². The molecule has 0 fully saturated rings. The van der Waals surface area contributed by atoms with Crippen LogP contribution in [0.4, 0.5) is 0 Å². The van der Waals surface area contributed by atoms with Crippen LogP contribution < -0.4 is 0 Å². The molecule has 0 saturated carbocycles. The SMILES string of the molecule is CC(Cl)C(Cl)(Cl)C(Cl)(Cl)c1ccccc1. The second kappa shape index (κ2) is 4.89. The smallest absolute Gasteiger partial charge is 0.120 e. The van der Waals surface area contributed by atoms with E-state index < -0.39 is 14.0 Å². The van der Waals surface area contributed by atoms with Crippen molar-refractivity contribution >= 4 is 58.0 Å². The van der Waals surface area contributed by atoms with Crippen molar-refractivity contribution < 1.29 is 0 Å². The van der Waals surface area contributed by atoms with Crippen LogP contribution in [0.3, 0.4) is 0 Å². The van der Waals surface area contributed by atoms with Crippen LogP contribution in [-0.4, -0.2) is 9.71 Å². The van der Waals surface area contributed by atoms with Gasteiger partial charge in [0.1, 0.15) is 0 Å². The molecule has 0 bridgehead atoms. The van der Waals surface area contributed by atoms with Gasteiger partial charge in [0, 0.05) is 0 Å². The Bertz CT molecular complexity index is 318. The van der Waals surface area contributed by atoms with Crippen LogP contribution in [0, 0.1) is 0 Å².